The van der Waals surface area contributed by atoms with E-state index in [-0.39, 0.29) is 18.5 Å². The number of carbonyl (C=O) groups is 2. The molecule has 6 nitrogen and oxygen atoms in total. The first-order chi connectivity index (χ1) is 34.0. The molecule has 0 saturated carbocycles. The van der Waals surface area contributed by atoms with Crippen LogP contribution in [0.25, 0.3) is 0 Å². The Kier molecular flexibility index (Phi) is 57.0. The van der Waals surface area contributed by atoms with Gasteiger partial charge >= 0.3 is 5.97 Å². The summed E-state index contributed by atoms with van der Waals surface area (Å²) in [5.74, 6) is -0.0689. The Morgan fingerprint density at radius 2 is 0.725 bits per heavy atom. The summed E-state index contributed by atoms with van der Waals surface area (Å²) in [6.07, 6.45) is 73.1. The van der Waals surface area contributed by atoms with Gasteiger partial charge in [0.1, 0.15) is 0 Å². The summed E-state index contributed by atoms with van der Waals surface area (Å²) in [6.45, 7) is 4.88. The molecule has 0 rings (SSSR count). The normalized spacial score (nSPS) is 12.8. The Labute approximate surface area is 430 Å². The molecule has 3 N–H and O–H groups in total. The first-order valence-corrected chi connectivity index (χ1v) is 30.8. The summed E-state index contributed by atoms with van der Waals surface area (Å²) in [5.41, 5.74) is 0. The number of unbranched alkanes of at least 4 members (excludes halogenated alkanes) is 42. The molecule has 0 heterocycles. The molecule has 0 aliphatic heterocycles. The molecule has 0 spiro atoms. The zero-order valence-corrected chi connectivity index (χ0v) is 46.3. The predicted molar refractivity (Wildman–Crippen MR) is 301 cm³/mol. The van der Waals surface area contributed by atoms with E-state index in [2.05, 4.69) is 43.5 Å². The molecule has 0 bridgehead atoms. The highest BCUT2D eigenvalue weighted by Gasteiger charge is 2.18. The molecule has 0 aliphatic carbocycles. The molecule has 0 aromatic rings. The van der Waals surface area contributed by atoms with Crippen molar-refractivity contribution < 1.29 is 24.5 Å². The summed E-state index contributed by atoms with van der Waals surface area (Å²) in [4.78, 5) is 24.5. The van der Waals surface area contributed by atoms with Crippen LogP contribution in [0.3, 0.4) is 0 Å². The summed E-state index contributed by atoms with van der Waals surface area (Å²) in [6, 6.07) is -0.630. The van der Waals surface area contributed by atoms with Crippen molar-refractivity contribution in [2.75, 3.05) is 13.2 Å². The van der Waals surface area contributed by atoms with E-state index in [0.717, 1.165) is 51.4 Å². The number of hydrogen-bond donors (Lipinski definition) is 3. The van der Waals surface area contributed by atoms with Crippen molar-refractivity contribution in [3.8, 4) is 0 Å². The van der Waals surface area contributed by atoms with Crippen LogP contribution in [0.2, 0.25) is 0 Å². The topological polar surface area (TPSA) is 95.9 Å². The van der Waals surface area contributed by atoms with E-state index in [1.807, 2.05) is 6.08 Å². The summed E-state index contributed by atoms with van der Waals surface area (Å²) in [7, 11) is 0. The molecule has 0 aromatic heterocycles. The summed E-state index contributed by atoms with van der Waals surface area (Å²) < 4.78 is 5.49. The third-order valence-electron chi connectivity index (χ3n) is 14.2. The van der Waals surface area contributed by atoms with Gasteiger partial charge in [0.25, 0.3) is 0 Å². The molecule has 0 fully saturated rings. The largest absolute Gasteiger partial charge is 0.466 e. The number of hydrogen-bond acceptors (Lipinski definition) is 5. The van der Waals surface area contributed by atoms with Crippen LogP contribution < -0.4 is 5.32 Å². The molecule has 2 unspecified atom stereocenters. The van der Waals surface area contributed by atoms with E-state index in [0.29, 0.717) is 19.4 Å². The maximum Gasteiger partial charge on any atom is 0.305 e. The predicted octanol–water partition coefficient (Wildman–Crippen LogP) is 19.2. The van der Waals surface area contributed by atoms with Crippen LogP contribution in [0.15, 0.2) is 36.5 Å². The van der Waals surface area contributed by atoms with Crippen molar-refractivity contribution in [2.45, 2.75) is 341 Å². The molecule has 0 saturated heterocycles. The second-order valence-corrected chi connectivity index (χ2v) is 21.0. The Morgan fingerprint density at radius 3 is 1.13 bits per heavy atom. The minimum Gasteiger partial charge on any atom is -0.466 e. The fourth-order valence-electron chi connectivity index (χ4n) is 9.43. The van der Waals surface area contributed by atoms with Crippen LogP contribution in [0.4, 0.5) is 0 Å². The number of allylic oxidation sites excluding steroid dienone is 5. The Hall–Kier alpha value is -1.92. The molecule has 0 aromatic carbocycles. The highest BCUT2D eigenvalue weighted by atomic mass is 16.5. The van der Waals surface area contributed by atoms with Crippen molar-refractivity contribution in [3.05, 3.63) is 36.5 Å². The molecule has 69 heavy (non-hydrogen) atoms. The third kappa shape index (κ3) is 55.2. The van der Waals surface area contributed by atoms with Gasteiger partial charge in [0.05, 0.1) is 25.4 Å². The number of aliphatic hydroxyl groups is 2. The molecular formula is C63H119NO5. The van der Waals surface area contributed by atoms with Crippen molar-refractivity contribution in [3.63, 3.8) is 0 Å². The summed E-state index contributed by atoms with van der Waals surface area (Å²) >= 11 is 0. The zero-order valence-electron chi connectivity index (χ0n) is 46.3. The molecule has 0 radical (unpaired) electrons. The zero-order chi connectivity index (χ0) is 50.0. The van der Waals surface area contributed by atoms with Crippen LogP contribution in [-0.4, -0.2) is 47.4 Å². The molecule has 0 aliphatic rings. The maximum absolute atomic E-state index is 12.5. The third-order valence-corrected chi connectivity index (χ3v) is 14.2. The van der Waals surface area contributed by atoms with Crippen LogP contribution in [-0.2, 0) is 14.3 Å². The van der Waals surface area contributed by atoms with E-state index >= 15 is 0 Å². The van der Waals surface area contributed by atoms with Gasteiger partial charge in [0, 0.05) is 12.8 Å². The Morgan fingerprint density at radius 1 is 0.406 bits per heavy atom. The minimum absolute atomic E-state index is 0.000640. The van der Waals surface area contributed by atoms with Gasteiger partial charge in [-0.2, -0.15) is 0 Å². The van der Waals surface area contributed by atoms with Crippen molar-refractivity contribution in [1.82, 2.24) is 5.32 Å². The fourth-order valence-corrected chi connectivity index (χ4v) is 9.43. The molecule has 6 heteroatoms. The van der Waals surface area contributed by atoms with Crippen LogP contribution in [0, 0.1) is 0 Å². The highest BCUT2D eigenvalue weighted by molar-refractivity contribution is 5.76. The van der Waals surface area contributed by atoms with Crippen molar-refractivity contribution in [2.24, 2.45) is 0 Å². The van der Waals surface area contributed by atoms with Gasteiger partial charge in [-0.15, -0.1) is 0 Å². The van der Waals surface area contributed by atoms with Gasteiger partial charge in [-0.05, 0) is 64.2 Å². The minimum atomic E-state index is -0.847. The molecule has 1 amide bonds. The average Bonchev–Trinajstić information content (AvgIpc) is 3.35. The lowest BCUT2D eigenvalue weighted by Crippen LogP contribution is -2.45. The van der Waals surface area contributed by atoms with E-state index in [9.17, 15) is 19.8 Å². The Balaban J connectivity index is 3.42. The number of ether oxygens (including phenoxy) is 1. The first-order valence-electron chi connectivity index (χ1n) is 30.8. The number of nitrogens with one attached hydrogen (secondary N) is 1. The monoisotopic (exact) mass is 970 g/mol. The molecule has 406 valence electrons. The Bertz CT molecular complexity index is 1120. The lowest BCUT2D eigenvalue weighted by atomic mass is 10.0. The van der Waals surface area contributed by atoms with Crippen molar-refractivity contribution in [1.29, 1.82) is 0 Å². The standard InChI is InChI=1S/C63H119NO5/c1-3-5-7-9-11-13-15-17-19-24-29-33-37-41-45-49-53-57-63(68)69-58-54-50-46-42-38-34-30-26-23-21-22-25-28-32-36-40-44-48-52-56-62(67)64-60(59-65)61(66)55-51-47-43-39-35-31-27-20-18-16-14-12-10-8-6-4-2/h11,13,17,19,51,55,60-61,65-66H,3-10,12,14-16,18,20-50,52-54,56-59H2,1-2H3,(H,64,67)/b13-11-,19-17-,55-51+. The van der Waals surface area contributed by atoms with Gasteiger partial charge in [-0.1, -0.05) is 288 Å². The second-order valence-electron chi connectivity index (χ2n) is 21.0. The number of aliphatic hydroxyl groups excluding tert-OH is 2. The van der Waals surface area contributed by atoms with E-state index in [1.165, 1.54) is 250 Å². The quantitative estimate of drug-likeness (QED) is 0.0321. The second kappa shape index (κ2) is 58.6. The van der Waals surface area contributed by atoms with Crippen molar-refractivity contribution >= 4 is 11.9 Å². The van der Waals surface area contributed by atoms with Crippen LogP contribution >= 0.6 is 0 Å². The fraction of sp³-hybridized carbons (Fsp3) is 0.873. The van der Waals surface area contributed by atoms with Crippen LogP contribution in [0.5, 0.6) is 0 Å². The molecular weight excluding hydrogens is 851 g/mol. The van der Waals surface area contributed by atoms with E-state index < -0.39 is 12.1 Å². The first kappa shape index (κ1) is 67.1. The van der Waals surface area contributed by atoms with Gasteiger partial charge in [0.15, 0.2) is 0 Å². The van der Waals surface area contributed by atoms with Crippen LogP contribution in [0.1, 0.15) is 328 Å². The van der Waals surface area contributed by atoms with Gasteiger partial charge in [0.2, 0.25) is 5.91 Å². The number of amides is 1. The number of carbonyl (C=O) groups excluding carboxylic acids is 2. The number of esters is 1. The lowest BCUT2D eigenvalue weighted by Gasteiger charge is -2.20. The maximum atomic E-state index is 12.5. The molecule has 2 atom stereocenters. The van der Waals surface area contributed by atoms with Gasteiger partial charge < -0.3 is 20.3 Å². The SMILES string of the molecule is CCCCC/C=C\C/C=C\CCCCCCCCCC(=O)OCCCCCCCCCCCCCCCCCCCCCC(=O)NC(CO)C(O)/C=C/CCCCCCCCCCCCCCCC. The smallest absolute Gasteiger partial charge is 0.305 e. The highest BCUT2D eigenvalue weighted by Crippen LogP contribution is 2.17. The average molecular weight is 971 g/mol. The van der Waals surface area contributed by atoms with Gasteiger partial charge in [-0.3, -0.25) is 9.59 Å². The lowest BCUT2D eigenvalue weighted by molar-refractivity contribution is -0.143. The van der Waals surface area contributed by atoms with E-state index in [1.54, 1.807) is 6.08 Å². The van der Waals surface area contributed by atoms with E-state index in [4.69, 9.17) is 4.74 Å². The van der Waals surface area contributed by atoms with Gasteiger partial charge in [-0.25, -0.2) is 0 Å². The summed E-state index contributed by atoms with van der Waals surface area (Å²) in [5, 5.41) is 23.1. The number of rotatable bonds is 57.